The van der Waals surface area contributed by atoms with E-state index in [1.54, 1.807) is 16.8 Å². The molecule has 1 heterocycles. The molecule has 104 valence electrons. The molecule has 7 heteroatoms. The Hall–Kier alpha value is -2.70. The van der Waals surface area contributed by atoms with Crippen LogP contribution in [0.3, 0.4) is 0 Å². The van der Waals surface area contributed by atoms with Gasteiger partial charge in [0.25, 0.3) is 5.69 Å². The van der Waals surface area contributed by atoms with E-state index in [9.17, 15) is 14.9 Å². The quantitative estimate of drug-likeness (QED) is 0.523. The minimum absolute atomic E-state index is 0.0144. The van der Waals surface area contributed by atoms with Gasteiger partial charge < -0.3 is 5.73 Å². The zero-order chi connectivity index (χ0) is 14.9. The molecule has 2 aromatic rings. The summed E-state index contributed by atoms with van der Waals surface area (Å²) in [4.78, 5) is 21.3. The monoisotopic (exact) mass is 274 g/mol. The predicted octanol–water partition coefficient (Wildman–Crippen LogP) is 2.43. The van der Waals surface area contributed by atoms with Gasteiger partial charge >= 0.3 is 0 Å². The Morgan fingerprint density at radius 2 is 1.95 bits per heavy atom. The van der Waals surface area contributed by atoms with Gasteiger partial charge in [0, 0.05) is 23.7 Å². The maximum atomic E-state index is 11.2. The van der Waals surface area contributed by atoms with Crippen LogP contribution in [0.4, 0.5) is 11.5 Å². The molecule has 1 aromatic heterocycles. The summed E-state index contributed by atoms with van der Waals surface area (Å²) >= 11 is 0. The van der Waals surface area contributed by atoms with E-state index in [1.165, 1.54) is 12.1 Å². The first kappa shape index (κ1) is 13.7. The number of rotatable bonds is 4. The van der Waals surface area contributed by atoms with Crippen molar-refractivity contribution in [2.45, 2.75) is 19.9 Å². The zero-order valence-electron chi connectivity index (χ0n) is 11.1. The lowest BCUT2D eigenvalue weighted by atomic mass is 10.1. The first-order valence-electron chi connectivity index (χ1n) is 6.03. The van der Waals surface area contributed by atoms with Crippen LogP contribution in [0.15, 0.2) is 24.3 Å². The summed E-state index contributed by atoms with van der Waals surface area (Å²) in [5, 5.41) is 14.9. The van der Waals surface area contributed by atoms with Gasteiger partial charge in [-0.15, -0.1) is 0 Å². The maximum absolute atomic E-state index is 11.2. The van der Waals surface area contributed by atoms with Crippen LogP contribution in [-0.2, 0) is 0 Å². The van der Waals surface area contributed by atoms with Gasteiger partial charge in [-0.3, -0.25) is 14.9 Å². The molecule has 7 nitrogen and oxygen atoms in total. The van der Waals surface area contributed by atoms with Gasteiger partial charge in [0.1, 0.15) is 11.5 Å². The van der Waals surface area contributed by atoms with Crippen molar-refractivity contribution in [3.63, 3.8) is 0 Å². The minimum Gasteiger partial charge on any atom is -0.383 e. The number of nitrogens with two attached hydrogens (primary N) is 1. The Labute approximate surface area is 115 Å². The SMILES string of the molecule is CC(C)n1nc(-c2ccc([N+](=O)[O-])cc2)c(C=O)c1N. The first-order valence-corrected chi connectivity index (χ1v) is 6.03. The molecule has 0 saturated carbocycles. The Bertz CT molecular complexity index is 659. The van der Waals surface area contributed by atoms with Crippen molar-refractivity contribution in [2.24, 2.45) is 0 Å². The number of carbonyl (C=O) groups excluding carboxylic acids is 1. The fraction of sp³-hybridized carbons (Fsp3) is 0.231. The average Bonchev–Trinajstić information content (AvgIpc) is 2.75. The van der Waals surface area contributed by atoms with Gasteiger partial charge in [-0.2, -0.15) is 5.10 Å². The van der Waals surface area contributed by atoms with Crippen LogP contribution in [0.25, 0.3) is 11.3 Å². The molecule has 0 bridgehead atoms. The van der Waals surface area contributed by atoms with Gasteiger partial charge in [0.15, 0.2) is 6.29 Å². The van der Waals surface area contributed by atoms with E-state index in [2.05, 4.69) is 5.10 Å². The third kappa shape index (κ3) is 2.25. The first-order chi connectivity index (χ1) is 9.45. The van der Waals surface area contributed by atoms with Crippen molar-refractivity contribution in [1.82, 2.24) is 9.78 Å². The van der Waals surface area contributed by atoms with E-state index in [0.717, 1.165) is 0 Å². The Kier molecular flexibility index (Phi) is 3.51. The van der Waals surface area contributed by atoms with E-state index in [4.69, 9.17) is 5.73 Å². The van der Waals surface area contributed by atoms with E-state index in [-0.39, 0.29) is 11.7 Å². The van der Waals surface area contributed by atoms with Gasteiger partial charge in [0.2, 0.25) is 0 Å². The molecule has 20 heavy (non-hydrogen) atoms. The number of aldehydes is 1. The van der Waals surface area contributed by atoms with Gasteiger partial charge in [-0.25, -0.2) is 4.68 Å². The van der Waals surface area contributed by atoms with Crippen molar-refractivity contribution >= 4 is 17.8 Å². The van der Waals surface area contributed by atoms with Crippen LogP contribution in [-0.4, -0.2) is 21.0 Å². The molecule has 0 radical (unpaired) electrons. The van der Waals surface area contributed by atoms with Gasteiger partial charge in [0.05, 0.1) is 10.5 Å². The molecule has 0 saturated heterocycles. The topological polar surface area (TPSA) is 104 Å². The Balaban J connectivity index is 2.54. The highest BCUT2D eigenvalue weighted by molar-refractivity contribution is 5.91. The highest BCUT2D eigenvalue weighted by Crippen LogP contribution is 2.28. The average molecular weight is 274 g/mol. The molecular formula is C13H14N4O3. The smallest absolute Gasteiger partial charge is 0.269 e. The molecule has 2 rings (SSSR count). The largest absolute Gasteiger partial charge is 0.383 e. The van der Waals surface area contributed by atoms with Crippen LogP contribution >= 0.6 is 0 Å². The number of hydrogen-bond donors (Lipinski definition) is 1. The summed E-state index contributed by atoms with van der Waals surface area (Å²) < 4.78 is 1.56. The fourth-order valence-electron chi connectivity index (χ4n) is 1.92. The molecular weight excluding hydrogens is 260 g/mol. The molecule has 2 N–H and O–H groups in total. The fourth-order valence-corrected chi connectivity index (χ4v) is 1.92. The number of non-ortho nitro benzene ring substituents is 1. The highest BCUT2D eigenvalue weighted by atomic mass is 16.6. The van der Waals surface area contributed by atoms with Crippen molar-refractivity contribution in [1.29, 1.82) is 0 Å². The number of anilines is 1. The predicted molar refractivity (Wildman–Crippen MR) is 74.5 cm³/mol. The Morgan fingerprint density at radius 3 is 2.40 bits per heavy atom. The number of nitrogen functional groups attached to an aromatic ring is 1. The summed E-state index contributed by atoms with van der Waals surface area (Å²) in [6, 6.07) is 5.86. The molecule has 0 spiro atoms. The van der Waals surface area contributed by atoms with Crippen molar-refractivity contribution < 1.29 is 9.72 Å². The summed E-state index contributed by atoms with van der Waals surface area (Å²) in [6.45, 7) is 3.80. The summed E-state index contributed by atoms with van der Waals surface area (Å²) in [6.07, 6.45) is 0.651. The van der Waals surface area contributed by atoms with Crippen LogP contribution in [0.2, 0.25) is 0 Å². The molecule has 0 aliphatic carbocycles. The molecule has 0 fully saturated rings. The van der Waals surface area contributed by atoms with Crippen molar-refractivity contribution in [3.05, 3.63) is 39.9 Å². The third-order valence-corrected chi connectivity index (χ3v) is 2.94. The second-order valence-electron chi connectivity index (χ2n) is 4.61. The molecule has 0 unspecified atom stereocenters. The number of benzene rings is 1. The second kappa shape index (κ2) is 5.12. The molecule has 0 amide bonds. The number of carbonyl (C=O) groups is 1. The molecule has 0 aliphatic rings. The van der Waals surface area contributed by atoms with E-state index >= 15 is 0 Å². The maximum Gasteiger partial charge on any atom is 0.269 e. The third-order valence-electron chi connectivity index (χ3n) is 2.94. The molecule has 0 atom stereocenters. The number of aromatic nitrogens is 2. The Morgan fingerprint density at radius 1 is 1.35 bits per heavy atom. The van der Waals surface area contributed by atoms with E-state index < -0.39 is 4.92 Å². The summed E-state index contributed by atoms with van der Waals surface area (Å²) in [5.41, 5.74) is 7.22. The lowest BCUT2D eigenvalue weighted by Crippen LogP contribution is -2.07. The van der Waals surface area contributed by atoms with Crippen LogP contribution in [0, 0.1) is 10.1 Å². The normalized spacial score (nSPS) is 10.8. The highest BCUT2D eigenvalue weighted by Gasteiger charge is 2.18. The van der Waals surface area contributed by atoms with E-state index in [1.807, 2.05) is 13.8 Å². The minimum atomic E-state index is -0.481. The van der Waals surface area contributed by atoms with Gasteiger partial charge in [-0.05, 0) is 26.0 Å². The zero-order valence-corrected chi connectivity index (χ0v) is 11.1. The number of nitrogens with zero attached hydrogens (tertiary/aromatic N) is 3. The number of nitro groups is 1. The number of nitro benzene ring substituents is 1. The standard InChI is InChI=1S/C13H14N4O3/c1-8(2)16-13(14)11(7-18)12(15-16)9-3-5-10(6-4-9)17(19)20/h3-8H,14H2,1-2H3. The summed E-state index contributed by atoms with van der Waals surface area (Å²) in [7, 11) is 0. The lowest BCUT2D eigenvalue weighted by Gasteiger charge is -2.06. The number of hydrogen-bond acceptors (Lipinski definition) is 5. The van der Waals surface area contributed by atoms with Crippen LogP contribution in [0.1, 0.15) is 30.2 Å². The van der Waals surface area contributed by atoms with Crippen molar-refractivity contribution in [2.75, 3.05) is 5.73 Å². The summed E-state index contributed by atoms with van der Waals surface area (Å²) in [5.74, 6) is 0.295. The molecule has 0 aliphatic heterocycles. The van der Waals surface area contributed by atoms with Crippen molar-refractivity contribution in [3.8, 4) is 11.3 Å². The van der Waals surface area contributed by atoms with Crippen LogP contribution in [0.5, 0.6) is 0 Å². The molecule has 1 aromatic carbocycles. The lowest BCUT2D eigenvalue weighted by molar-refractivity contribution is -0.384. The van der Waals surface area contributed by atoms with E-state index in [0.29, 0.717) is 28.9 Å². The van der Waals surface area contributed by atoms with Gasteiger partial charge in [-0.1, -0.05) is 0 Å². The van der Waals surface area contributed by atoms with Crippen LogP contribution < -0.4 is 5.73 Å². The second-order valence-corrected chi connectivity index (χ2v) is 4.61.